The molecule has 0 unspecified atom stereocenters. The first-order valence-electron chi connectivity index (χ1n) is 9.54. The first kappa shape index (κ1) is 20.7. The smallest absolute Gasteiger partial charge is 0.262 e. The Morgan fingerprint density at radius 2 is 2.14 bits per heavy atom. The summed E-state index contributed by atoms with van der Waals surface area (Å²) in [6, 6.07) is 7.59. The second-order valence-corrected chi connectivity index (χ2v) is 7.38. The third kappa shape index (κ3) is 4.22. The molecule has 3 N–H and O–H groups in total. The number of para-hydroxylation sites is 1. The van der Waals surface area contributed by atoms with Crippen LogP contribution in [0.15, 0.2) is 39.7 Å². The van der Waals surface area contributed by atoms with Gasteiger partial charge in [-0.15, -0.1) is 0 Å². The average Bonchev–Trinajstić information content (AvgIpc) is 3.02. The quantitative estimate of drug-likeness (QED) is 0.632. The number of nitrogens with one attached hydrogen (secondary N) is 2. The van der Waals surface area contributed by atoms with Gasteiger partial charge in [-0.25, -0.2) is 4.99 Å². The van der Waals surface area contributed by atoms with Gasteiger partial charge in [0.05, 0.1) is 11.1 Å². The Balaban J connectivity index is 2.15. The van der Waals surface area contributed by atoms with Crippen molar-refractivity contribution in [2.24, 2.45) is 4.99 Å². The lowest BCUT2D eigenvalue weighted by atomic mass is 10.1. The molecule has 1 atom stereocenters. The van der Waals surface area contributed by atoms with Gasteiger partial charge in [0.25, 0.3) is 5.56 Å². The zero-order valence-electron chi connectivity index (χ0n) is 16.7. The van der Waals surface area contributed by atoms with Gasteiger partial charge in [0.1, 0.15) is 5.56 Å². The molecule has 0 bridgehead atoms. The number of aromatic amines is 1. The third-order valence-corrected chi connectivity index (χ3v) is 5.29. The summed E-state index contributed by atoms with van der Waals surface area (Å²) in [6.45, 7) is 5.82. The van der Waals surface area contributed by atoms with Crippen LogP contribution in [-0.4, -0.2) is 27.1 Å². The van der Waals surface area contributed by atoms with Crippen molar-refractivity contribution in [1.82, 2.24) is 14.9 Å². The van der Waals surface area contributed by atoms with Crippen LogP contribution in [0, 0.1) is 4.77 Å². The van der Waals surface area contributed by atoms with Crippen LogP contribution in [0.4, 0.5) is 0 Å². The summed E-state index contributed by atoms with van der Waals surface area (Å²) in [5.74, 6) is -0.281. The van der Waals surface area contributed by atoms with Crippen molar-refractivity contribution < 1.29 is 9.90 Å². The van der Waals surface area contributed by atoms with Gasteiger partial charge >= 0.3 is 0 Å². The number of aromatic hydroxyl groups is 1. The predicted octanol–water partition coefficient (Wildman–Crippen LogP) is 1.93. The minimum Gasteiger partial charge on any atom is -0.494 e. The topological polar surface area (TPSA) is 99.5 Å². The number of hydrogen-bond acceptors (Lipinski definition) is 5. The van der Waals surface area contributed by atoms with E-state index >= 15 is 0 Å². The van der Waals surface area contributed by atoms with E-state index in [-0.39, 0.29) is 28.2 Å². The molecule has 1 aliphatic rings. The lowest BCUT2D eigenvalue weighted by molar-refractivity contribution is -0.118. The summed E-state index contributed by atoms with van der Waals surface area (Å²) in [5.41, 5.74) is 1.14. The van der Waals surface area contributed by atoms with E-state index in [4.69, 9.17) is 12.2 Å². The number of aromatic nitrogens is 2. The second kappa shape index (κ2) is 8.57. The highest BCUT2D eigenvalue weighted by Gasteiger charge is 2.18. The normalized spacial score (nSPS) is 15.1. The van der Waals surface area contributed by atoms with Crippen LogP contribution in [0.25, 0.3) is 11.6 Å². The van der Waals surface area contributed by atoms with Crippen molar-refractivity contribution in [2.45, 2.75) is 39.7 Å². The predicted molar refractivity (Wildman–Crippen MR) is 114 cm³/mol. The van der Waals surface area contributed by atoms with Crippen LogP contribution < -0.4 is 21.5 Å². The molecule has 0 spiro atoms. The maximum Gasteiger partial charge on any atom is 0.262 e. The number of fused-ring (bicyclic) bond motifs is 1. The number of allylic oxidation sites excluding steroid dienone is 1. The van der Waals surface area contributed by atoms with Crippen molar-refractivity contribution in [3.63, 3.8) is 0 Å². The van der Waals surface area contributed by atoms with E-state index in [9.17, 15) is 14.7 Å². The van der Waals surface area contributed by atoms with Crippen molar-refractivity contribution in [3.05, 3.63) is 61.2 Å². The van der Waals surface area contributed by atoms with Crippen molar-refractivity contribution >= 4 is 29.8 Å². The summed E-state index contributed by atoms with van der Waals surface area (Å²) in [6.07, 6.45) is 2.88. The van der Waals surface area contributed by atoms with E-state index in [0.29, 0.717) is 18.7 Å². The van der Waals surface area contributed by atoms with Gasteiger partial charge in [-0.3, -0.25) is 19.1 Å². The molecule has 1 aromatic carbocycles. The molecule has 0 saturated heterocycles. The number of hydrogen-bond donors (Lipinski definition) is 3. The number of nitrogens with zero attached hydrogens (tertiary/aromatic N) is 2. The fourth-order valence-electron chi connectivity index (χ4n) is 3.32. The number of carbonyl (C=O) groups excluding carboxylic acids is 1. The second-order valence-electron chi connectivity index (χ2n) is 6.99. The Kier molecular flexibility index (Phi) is 6.12. The van der Waals surface area contributed by atoms with Crippen LogP contribution in [0.1, 0.15) is 45.2 Å². The molecule has 3 rings (SSSR count). The minimum absolute atomic E-state index is 0.0718. The van der Waals surface area contributed by atoms with E-state index in [2.05, 4.69) is 15.3 Å². The Bertz CT molecular complexity index is 1220. The van der Waals surface area contributed by atoms with Crippen LogP contribution in [-0.2, 0) is 4.79 Å². The molecule has 0 saturated carbocycles. The Hall–Kier alpha value is -3.00. The summed E-state index contributed by atoms with van der Waals surface area (Å²) in [4.78, 5) is 31.1. The van der Waals surface area contributed by atoms with Crippen molar-refractivity contribution in [3.8, 4) is 5.88 Å². The number of rotatable bonds is 6. The summed E-state index contributed by atoms with van der Waals surface area (Å²) in [5, 5.41) is 15.3. The molecular formula is C21H24N4O3S. The maximum absolute atomic E-state index is 12.5. The number of carbonyl (C=O) groups is 1. The molecule has 1 aliphatic heterocycles. The molecule has 2 aromatic rings. The third-order valence-electron chi connectivity index (χ3n) is 4.99. The molecule has 0 radical (unpaired) electrons. The Morgan fingerprint density at radius 3 is 2.83 bits per heavy atom. The molecule has 29 heavy (non-hydrogen) atoms. The van der Waals surface area contributed by atoms with E-state index in [0.717, 1.165) is 22.6 Å². The molecule has 1 amide bonds. The number of amides is 1. The van der Waals surface area contributed by atoms with Crippen LogP contribution in [0.5, 0.6) is 5.88 Å². The fourth-order valence-corrected chi connectivity index (χ4v) is 3.68. The Labute approximate surface area is 173 Å². The summed E-state index contributed by atoms with van der Waals surface area (Å²) >= 11 is 5.23. The molecule has 7 nitrogen and oxygen atoms in total. The molecule has 8 heteroatoms. The number of H-pyrrole nitrogens is 1. The van der Waals surface area contributed by atoms with Crippen LogP contribution >= 0.6 is 12.2 Å². The highest BCUT2D eigenvalue weighted by molar-refractivity contribution is 7.71. The minimum atomic E-state index is -0.466. The maximum atomic E-state index is 12.5. The van der Waals surface area contributed by atoms with E-state index < -0.39 is 5.56 Å². The fraction of sp³-hybridized carbons (Fsp3) is 0.333. The average molecular weight is 413 g/mol. The zero-order chi connectivity index (χ0) is 21.1. The van der Waals surface area contributed by atoms with Gasteiger partial charge in [0.2, 0.25) is 11.8 Å². The lowest BCUT2D eigenvalue weighted by Crippen LogP contribution is -2.25. The molecule has 152 valence electrons. The molecular weight excluding hydrogens is 388 g/mol. The van der Waals surface area contributed by atoms with Crippen LogP contribution in [0.2, 0.25) is 0 Å². The van der Waals surface area contributed by atoms with Crippen molar-refractivity contribution in [1.29, 1.82) is 0 Å². The zero-order valence-corrected chi connectivity index (χ0v) is 17.5. The Morgan fingerprint density at radius 1 is 1.41 bits per heavy atom. The molecule has 1 aromatic heterocycles. The largest absolute Gasteiger partial charge is 0.494 e. The first-order chi connectivity index (χ1) is 13.8. The summed E-state index contributed by atoms with van der Waals surface area (Å²) < 4.78 is 1.73. The molecule has 0 aliphatic carbocycles. The SMILES string of the molecule is CC[C@H](C)n1c(O)c(/C=C2\N=c3ccccc3=C2CCNC(C)=O)c(=O)[nH]c1=S. The van der Waals surface area contributed by atoms with Crippen LogP contribution in [0.3, 0.4) is 0 Å². The van der Waals surface area contributed by atoms with E-state index in [1.54, 1.807) is 10.6 Å². The summed E-state index contributed by atoms with van der Waals surface area (Å²) in [7, 11) is 0. The molecule has 0 fully saturated rings. The van der Waals surface area contributed by atoms with Gasteiger partial charge in [0, 0.05) is 24.7 Å². The molecule has 2 heterocycles. The van der Waals surface area contributed by atoms with Gasteiger partial charge in [-0.1, -0.05) is 25.1 Å². The highest BCUT2D eigenvalue weighted by atomic mass is 32.1. The van der Waals surface area contributed by atoms with Gasteiger partial charge in [0.15, 0.2) is 4.77 Å². The standard InChI is InChI=1S/C21H24N4O3S/c1-4-12(2)25-20(28)16(19(27)24-21(25)29)11-18-15(9-10-22-13(3)26)14-7-5-6-8-17(14)23-18/h5-8,11-12,28H,4,9-10H2,1-3H3,(H,22,26)(H,24,27,29)/b18-11-/t12-/m0/s1. The van der Waals surface area contributed by atoms with Crippen molar-refractivity contribution in [2.75, 3.05) is 6.54 Å². The first-order valence-corrected chi connectivity index (χ1v) is 9.95. The number of benzene rings is 1. The van der Waals surface area contributed by atoms with Gasteiger partial charge in [-0.05, 0) is 49.7 Å². The van der Waals surface area contributed by atoms with E-state index in [1.165, 1.54) is 6.92 Å². The monoisotopic (exact) mass is 412 g/mol. The highest BCUT2D eigenvalue weighted by Crippen LogP contribution is 2.26. The lowest BCUT2D eigenvalue weighted by Gasteiger charge is -2.17. The van der Waals surface area contributed by atoms with Gasteiger partial charge < -0.3 is 10.4 Å². The van der Waals surface area contributed by atoms with E-state index in [1.807, 2.05) is 38.1 Å². The van der Waals surface area contributed by atoms with Gasteiger partial charge in [-0.2, -0.15) is 0 Å².